The number of pyridine rings is 1. The Morgan fingerprint density at radius 2 is 1.78 bits per heavy atom. The number of hydrogen-bond acceptors (Lipinski definition) is 12. The summed E-state index contributed by atoms with van der Waals surface area (Å²) in [7, 11) is 1.54. The van der Waals surface area contributed by atoms with Gasteiger partial charge in [0, 0.05) is 23.4 Å². The average Bonchev–Trinajstić information content (AvgIpc) is 3.85. The second-order valence-corrected chi connectivity index (χ2v) is 13.4. The largest absolute Gasteiger partial charge is 0.481 e. The monoisotopic (exact) mass is 659 g/mol. The first-order valence-corrected chi connectivity index (χ1v) is 16.5. The number of likely N-dealkylation sites (tertiary alicyclic amines) is 1. The van der Waals surface area contributed by atoms with Crippen molar-refractivity contribution in [2.75, 3.05) is 13.7 Å². The highest BCUT2D eigenvalue weighted by Gasteiger charge is 2.35. The minimum Gasteiger partial charge on any atom is -0.481 e. The number of oxazole rings is 1. The van der Waals surface area contributed by atoms with Crippen LogP contribution in [0.5, 0.6) is 5.88 Å². The molecule has 1 fully saturated rings. The SMILES string of the molecule is COc1ccc(-c2nc(C(=O)OCc3ccccc3)c(C)o2)c(-c2csc(-c3csc([C@@H]4CCCN4C(=O)OC(C)(C)C)n3)n2)n1. The van der Waals surface area contributed by atoms with Gasteiger partial charge in [0.2, 0.25) is 11.8 Å². The van der Waals surface area contributed by atoms with E-state index in [1.165, 1.54) is 29.8 Å². The minimum atomic E-state index is -0.581. The maximum atomic E-state index is 12.9. The molecule has 0 aliphatic carbocycles. The van der Waals surface area contributed by atoms with Crippen molar-refractivity contribution in [3.8, 4) is 39.4 Å². The Morgan fingerprint density at radius 3 is 2.54 bits per heavy atom. The van der Waals surface area contributed by atoms with Crippen molar-refractivity contribution in [3.63, 3.8) is 0 Å². The number of benzene rings is 1. The summed E-state index contributed by atoms with van der Waals surface area (Å²) in [4.78, 5) is 46.4. The zero-order valence-electron chi connectivity index (χ0n) is 26.1. The van der Waals surface area contributed by atoms with Crippen LogP contribution in [0.3, 0.4) is 0 Å². The number of carbonyl (C=O) groups is 2. The number of amides is 1. The zero-order valence-corrected chi connectivity index (χ0v) is 27.7. The molecular formula is C33H33N5O6S2. The molecular weight excluding hydrogens is 627 g/mol. The maximum Gasteiger partial charge on any atom is 0.410 e. The molecule has 1 atom stereocenters. The summed E-state index contributed by atoms with van der Waals surface area (Å²) in [6.07, 6.45) is 1.38. The Morgan fingerprint density at radius 1 is 1.00 bits per heavy atom. The molecule has 5 aromatic rings. The predicted octanol–water partition coefficient (Wildman–Crippen LogP) is 7.73. The van der Waals surface area contributed by atoms with Crippen molar-refractivity contribution in [3.05, 3.63) is 75.2 Å². The van der Waals surface area contributed by atoms with Crippen molar-refractivity contribution >= 4 is 34.7 Å². The van der Waals surface area contributed by atoms with Gasteiger partial charge in [-0.25, -0.2) is 29.5 Å². The van der Waals surface area contributed by atoms with Gasteiger partial charge in [0.25, 0.3) is 0 Å². The first-order valence-electron chi connectivity index (χ1n) is 14.7. The number of rotatable bonds is 8. The third kappa shape index (κ3) is 6.80. The van der Waals surface area contributed by atoms with Crippen LogP contribution in [0.2, 0.25) is 0 Å². The van der Waals surface area contributed by atoms with Gasteiger partial charge >= 0.3 is 12.1 Å². The van der Waals surface area contributed by atoms with Crippen molar-refractivity contribution < 1.29 is 28.2 Å². The molecule has 4 aromatic heterocycles. The third-order valence-electron chi connectivity index (χ3n) is 7.17. The van der Waals surface area contributed by atoms with Crippen molar-refractivity contribution in [2.45, 2.75) is 58.8 Å². The van der Waals surface area contributed by atoms with Crippen LogP contribution in [-0.4, -0.2) is 56.2 Å². The summed E-state index contributed by atoms with van der Waals surface area (Å²) >= 11 is 2.93. The number of ether oxygens (including phenoxy) is 3. The maximum absolute atomic E-state index is 12.9. The first-order chi connectivity index (χ1) is 22.1. The molecule has 13 heteroatoms. The highest BCUT2D eigenvalue weighted by molar-refractivity contribution is 7.14. The van der Waals surface area contributed by atoms with Crippen LogP contribution in [0.1, 0.15) is 66.5 Å². The molecule has 238 valence electrons. The Bertz CT molecular complexity index is 1860. The molecule has 1 aliphatic rings. The van der Waals surface area contributed by atoms with Gasteiger partial charge in [0.05, 0.1) is 18.7 Å². The van der Waals surface area contributed by atoms with Gasteiger partial charge < -0.3 is 18.6 Å². The third-order valence-corrected chi connectivity index (χ3v) is 8.98. The number of esters is 1. The number of methoxy groups -OCH3 is 1. The van der Waals surface area contributed by atoms with Gasteiger partial charge in [-0.2, -0.15) is 0 Å². The molecule has 0 saturated carbocycles. The number of nitrogens with zero attached hydrogens (tertiary/aromatic N) is 5. The lowest BCUT2D eigenvalue weighted by Gasteiger charge is -2.27. The Kier molecular flexibility index (Phi) is 8.87. The molecule has 1 saturated heterocycles. The lowest BCUT2D eigenvalue weighted by molar-refractivity contribution is 0.0224. The number of aryl methyl sites for hydroxylation is 1. The summed E-state index contributed by atoms with van der Waals surface area (Å²) in [5.74, 6) is 0.347. The van der Waals surface area contributed by atoms with Gasteiger partial charge in [-0.15, -0.1) is 22.7 Å². The Labute approximate surface area is 274 Å². The smallest absolute Gasteiger partial charge is 0.410 e. The molecule has 0 unspecified atom stereocenters. The van der Waals surface area contributed by atoms with Crippen LogP contribution in [0, 0.1) is 6.92 Å². The Balaban J connectivity index is 1.24. The second kappa shape index (κ2) is 13.0. The minimum absolute atomic E-state index is 0.0917. The number of thiazole rings is 2. The van der Waals surface area contributed by atoms with Crippen LogP contribution in [-0.2, 0) is 16.1 Å². The van der Waals surface area contributed by atoms with E-state index in [9.17, 15) is 9.59 Å². The number of hydrogen-bond donors (Lipinski definition) is 0. The van der Waals surface area contributed by atoms with Gasteiger partial charge in [-0.1, -0.05) is 30.3 Å². The fraction of sp³-hybridized carbons (Fsp3) is 0.333. The molecule has 46 heavy (non-hydrogen) atoms. The van der Waals surface area contributed by atoms with E-state index in [-0.39, 0.29) is 30.3 Å². The molecule has 0 spiro atoms. The summed E-state index contributed by atoms with van der Waals surface area (Å²) < 4.78 is 22.5. The molecule has 5 heterocycles. The van der Waals surface area contributed by atoms with E-state index in [1.54, 1.807) is 24.0 Å². The van der Waals surface area contributed by atoms with Gasteiger partial charge in [-0.3, -0.25) is 4.90 Å². The van der Waals surface area contributed by atoms with E-state index in [2.05, 4.69) is 9.97 Å². The van der Waals surface area contributed by atoms with Gasteiger partial charge in [0.1, 0.15) is 45.1 Å². The molecule has 1 amide bonds. The summed E-state index contributed by atoms with van der Waals surface area (Å²) in [6.45, 7) is 8.01. The highest BCUT2D eigenvalue weighted by Crippen LogP contribution is 2.39. The van der Waals surface area contributed by atoms with Gasteiger partial charge in [-0.05, 0) is 52.2 Å². The van der Waals surface area contributed by atoms with Crippen molar-refractivity contribution in [2.24, 2.45) is 0 Å². The standard InChI is InChI=1S/C33H33N5O6S2/c1-19-26(31(39)42-16-20-10-7-6-8-11-20)37-28(43-19)21-13-14-25(41-5)36-27(21)22-17-45-29(34-22)23-18-46-30(35-23)24-12-9-15-38(24)32(40)44-33(2,3)4/h6-8,10-11,13-14,17-18,24H,9,12,15-16H2,1-5H3/t24-/m0/s1. The molecule has 0 radical (unpaired) electrons. The van der Waals surface area contributed by atoms with Crippen molar-refractivity contribution in [1.82, 2.24) is 24.8 Å². The van der Waals surface area contributed by atoms with E-state index in [1.807, 2.05) is 61.9 Å². The first kappa shape index (κ1) is 31.4. The highest BCUT2D eigenvalue weighted by atomic mass is 32.1. The van der Waals surface area contributed by atoms with Crippen molar-refractivity contribution in [1.29, 1.82) is 0 Å². The van der Waals surface area contributed by atoms with E-state index in [0.29, 0.717) is 45.8 Å². The fourth-order valence-corrected chi connectivity index (χ4v) is 6.81. The summed E-state index contributed by atoms with van der Waals surface area (Å²) in [5.41, 5.74) is 2.70. The lowest BCUT2D eigenvalue weighted by Crippen LogP contribution is -2.36. The quantitative estimate of drug-likeness (QED) is 0.153. The second-order valence-electron chi connectivity index (χ2n) is 11.7. The molecule has 0 N–H and O–H groups in total. The van der Waals surface area contributed by atoms with Crippen LogP contribution in [0.25, 0.3) is 33.5 Å². The van der Waals surface area contributed by atoms with E-state index >= 15 is 0 Å². The van der Waals surface area contributed by atoms with E-state index in [4.69, 9.17) is 28.6 Å². The molecule has 1 aliphatic heterocycles. The summed E-state index contributed by atoms with van der Waals surface area (Å²) in [6, 6.07) is 12.8. The predicted molar refractivity (Wildman–Crippen MR) is 174 cm³/mol. The molecule has 0 bridgehead atoms. The van der Waals surface area contributed by atoms with Crippen LogP contribution in [0.4, 0.5) is 4.79 Å². The average molecular weight is 660 g/mol. The summed E-state index contributed by atoms with van der Waals surface area (Å²) in [5, 5.41) is 5.38. The van der Waals surface area contributed by atoms with E-state index < -0.39 is 11.6 Å². The zero-order chi connectivity index (χ0) is 32.4. The van der Waals surface area contributed by atoms with E-state index in [0.717, 1.165) is 23.4 Å². The van der Waals surface area contributed by atoms with Gasteiger partial charge in [0.15, 0.2) is 5.69 Å². The molecule has 6 rings (SSSR count). The van der Waals surface area contributed by atoms with Crippen LogP contribution < -0.4 is 4.74 Å². The molecule has 11 nitrogen and oxygen atoms in total. The van der Waals surface area contributed by atoms with Crippen LogP contribution in [0.15, 0.2) is 57.6 Å². The number of carbonyl (C=O) groups excluding carboxylic acids is 2. The Hall–Kier alpha value is -4.62. The molecule has 1 aromatic carbocycles. The topological polar surface area (TPSA) is 130 Å². The van der Waals surface area contributed by atoms with Crippen LogP contribution >= 0.6 is 22.7 Å². The number of aromatic nitrogens is 4. The normalized spacial score (nSPS) is 14.8. The lowest BCUT2D eigenvalue weighted by atomic mass is 10.1. The fourth-order valence-electron chi connectivity index (χ4n) is 5.02.